The van der Waals surface area contributed by atoms with Gasteiger partial charge in [-0.15, -0.1) is 0 Å². The topological polar surface area (TPSA) is 63.6 Å². The lowest BCUT2D eigenvalue weighted by Gasteiger charge is -2.23. The average molecular weight is 268 g/mol. The number of aromatic nitrogens is 1. The second kappa shape index (κ2) is 7.31. The minimum atomic E-state index is -0.694. The van der Waals surface area contributed by atoms with Crippen LogP contribution in [0.2, 0.25) is 0 Å². The predicted octanol–water partition coefficient (Wildman–Crippen LogP) is 1.74. The van der Waals surface area contributed by atoms with Gasteiger partial charge in [0.25, 0.3) is 0 Å². The summed E-state index contributed by atoms with van der Waals surface area (Å²) >= 11 is 0. The van der Waals surface area contributed by atoms with Crippen LogP contribution in [0.1, 0.15) is 32.4 Å². The zero-order valence-corrected chi connectivity index (χ0v) is 12.2. The quantitative estimate of drug-likeness (QED) is 0.752. The van der Waals surface area contributed by atoms with Crippen molar-refractivity contribution >= 4 is 0 Å². The molecule has 0 saturated carbocycles. The fourth-order valence-corrected chi connectivity index (χ4v) is 2.05. The number of nitrogens with one attached hydrogen (secondary N) is 1. The number of hydrogen-bond donors (Lipinski definition) is 2. The van der Waals surface area contributed by atoms with E-state index in [1.54, 1.807) is 26.5 Å². The van der Waals surface area contributed by atoms with Crippen LogP contribution in [0.25, 0.3) is 0 Å². The van der Waals surface area contributed by atoms with Crippen LogP contribution in [-0.4, -0.2) is 36.5 Å². The average Bonchev–Trinajstić information content (AvgIpc) is 2.38. The zero-order valence-electron chi connectivity index (χ0n) is 12.2. The van der Waals surface area contributed by atoms with E-state index in [1.807, 2.05) is 6.92 Å². The van der Waals surface area contributed by atoms with Gasteiger partial charge in [0.2, 0.25) is 0 Å². The Morgan fingerprint density at radius 1 is 1.37 bits per heavy atom. The third kappa shape index (κ3) is 4.69. The van der Waals surface area contributed by atoms with Gasteiger partial charge in [-0.25, -0.2) is 0 Å². The maximum absolute atomic E-state index is 10.1. The summed E-state index contributed by atoms with van der Waals surface area (Å²) in [5.74, 6) is 1.29. The van der Waals surface area contributed by atoms with Crippen LogP contribution in [0, 0.1) is 0 Å². The Morgan fingerprint density at radius 3 is 2.68 bits per heavy atom. The SMILES string of the molecule is CCCC(C)(O)CNCc1nccc(OC)c1OC. The summed E-state index contributed by atoms with van der Waals surface area (Å²) in [6.45, 7) is 4.93. The van der Waals surface area contributed by atoms with Crippen molar-refractivity contribution in [3.8, 4) is 11.5 Å². The van der Waals surface area contributed by atoms with Gasteiger partial charge in [-0.05, 0) is 13.3 Å². The Bertz CT molecular complexity index is 394. The lowest BCUT2D eigenvalue weighted by Crippen LogP contribution is -2.37. The van der Waals surface area contributed by atoms with Crippen LogP contribution in [0.15, 0.2) is 12.3 Å². The van der Waals surface area contributed by atoms with E-state index >= 15 is 0 Å². The largest absolute Gasteiger partial charge is 0.493 e. The van der Waals surface area contributed by atoms with Gasteiger partial charge in [-0.3, -0.25) is 4.98 Å². The van der Waals surface area contributed by atoms with Crippen LogP contribution < -0.4 is 14.8 Å². The molecular weight excluding hydrogens is 244 g/mol. The highest BCUT2D eigenvalue weighted by molar-refractivity contribution is 5.42. The van der Waals surface area contributed by atoms with Gasteiger partial charge in [0.05, 0.1) is 25.5 Å². The first-order valence-electron chi connectivity index (χ1n) is 6.53. The highest BCUT2D eigenvalue weighted by atomic mass is 16.5. The molecule has 0 bridgehead atoms. The summed E-state index contributed by atoms with van der Waals surface area (Å²) in [6, 6.07) is 1.76. The van der Waals surface area contributed by atoms with Crippen LogP contribution in [-0.2, 0) is 6.54 Å². The molecule has 0 saturated heterocycles. The smallest absolute Gasteiger partial charge is 0.183 e. The fourth-order valence-electron chi connectivity index (χ4n) is 2.05. The molecule has 0 aliphatic heterocycles. The van der Waals surface area contributed by atoms with Crippen molar-refractivity contribution in [2.24, 2.45) is 0 Å². The molecule has 0 fully saturated rings. The molecule has 0 amide bonds. The lowest BCUT2D eigenvalue weighted by atomic mass is 10.0. The van der Waals surface area contributed by atoms with Gasteiger partial charge in [-0.2, -0.15) is 0 Å². The zero-order chi connectivity index (χ0) is 14.3. The molecule has 0 aliphatic rings. The second-order valence-electron chi connectivity index (χ2n) is 4.84. The van der Waals surface area contributed by atoms with E-state index in [4.69, 9.17) is 9.47 Å². The molecule has 5 heteroatoms. The van der Waals surface area contributed by atoms with Gasteiger partial charge in [-0.1, -0.05) is 13.3 Å². The van der Waals surface area contributed by atoms with E-state index in [1.165, 1.54) is 0 Å². The highest BCUT2D eigenvalue weighted by Crippen LogP contribution is 2.28. The first kappa shape index (κ1) is 15.7. The number of rotatable bonds is 8. The van der Waals surface area contributed by atoms with Gasteiger partial charge in [0.15, 0.2) is 11.5 Å². The Balaban J connectivity index is 2.63. The van der Waals surface area contributed by atoms with Crippen molar-refractivity contribution in [2.45, 2.75) is 38.8 Å². The molecule has 5 nitrogen and oxygen atoms in total. The van der Waals surface area contributed by atoms with E-state index in [-0.39, 0.29) is 0 Å². The molecule has 1 heterocycles. The minimum Gasteiger partial charge on any atom is -0.493 e. The maximum atomic E-state index is 10.1. The Morgan fingerprint density at radius 2 is 2.11 bits per heavy atom. The van der Waals surface area contributed by atoms with Gasteiger partial charge >= 0.3 is 0 Å². The number of nitrogens with zero attached hydrogens (tertiary/aromatic N) is 1. The molecule has 0 spiro atoms. The molecule has 1 unspecified atom stereocenters. The summed E-state index contributed by atoms with van der Waals surface area (Å²) in [4.78, 5) is 4.27. The van der Waals surface area contributed by atoms with Crippen LogP contribution in [0.5, 0.6) is 11.5 Å². The Labute approximate surface area is 115 Å². The van der Waals surface area contributed by atoms with Crippen molar-refractivity contribution in [3.05, 3.63) is 18.0 Å². The number of methoxy groups -OCH3 is 2. The standard InChI is InChI=1S/C14H24N2O3/c1-5-7-14(2,17)10-15-9-11-13(19-4)12(18-3)6-8-16-11/h6,8,15,17H,5,7,9-10H2,1-4H3. The van der Waals surface area contributed by atoms with Crippen LogP contribution in [0.3, 0.4) is 0 Å². The molecule has 2 N–H and O–H groups in total. The molecule has 0 aromatic carbocycles. The monoisotopic (exact) mass is 268 g/mol. The number of pyridine rings is 1. The molecule has 108 valence electrons. The summed E-state index contributed by atoms with van der Waals surface area (Å²) in [7, 11) is 3.19. The molecule has 1 rings (SSSR count). The van der Waals surface area contributed by atoms with E-state index in [2.05, 4.69) is 17.2 Å². The summed E-state index contributed by atoms with van der Waals surface area (Å²) in [5.41, 5.74) is 0.0788. The molecule has 0 aliphatic carbocycles. The first-order valence-corrected chi connectivity index (χ1v) is 6.53. The van der Waals surface area contributed by atoms with Crippen LogP contribution >= 0.6 is 0 Å². The fraction of sp³-hybridized carbons (Fsp3) is 0.643. The predicted molar refractivity (Wildman–Crippen MR) is 74.6 cm³/mol. The number of aliphatic hydroxyl groups is 1. The third-order valence-electron chi connectivity index (χ3n) is 2.95. The van der Waals surface area contributed by atoms with Crippen molar-refractivity contribution in [1.29, 1.82) is 0 Å². The van der Waals surface area contributed by atoms with Gasteiger partial charge in [0.1, 0.15) is 0 Å². The Kier molecular flexibility index (Phi) is 6.05. The highest BCUT2D eigenvalue weighted by Gasteiger charge is 2.19. The third-order valence-corrected chi connectivity index (χ3v) is 2.95. The minimum absolute atomic E-state index is 0.517. The number of hydrogen-bond acceptors (Lipinski definition) is 5. The van der Waals surface area contributed by atoms with Crippen molar-refractivity contribution in [3.63, 3.8) is 0 Å². The second-order valence-corrected chi connectivity index (χ2v) is 4.84. The normalized spacial score (nSPS) is 13.9. The van der Waals surface area contributed by atoms with Crippen molar-refractivity contribution in [2.75, 3.05) is 20.8 Å². The summed E-state index contributed by atoms with van der Waals surface area (Å²) < 4.78 is 10.5. The Hall–Kier alpha value is -1.33. The molecule has 19 heavy (non-hydrogen) atoms. The molecular formula is C14H24N2O3. The lowest BCUT2D eigenvalue weighted by molar-refractivity contribution is 0.0496. The molecule has 1 aromatic heterocycles. The molecule has 1 atom stereocenters. The summed E-state index contributed by atoms with van der Waals surface area (Å²) in [6.07, 6.45) is 3.40. The van der Waals surface area contributed by atoms with E-state index in [9.17, 15) is 5.11 Å². The van der Waals surface area contributed by atoms with Crippen molar-refractivity contribution in [1.82, 2.24) is 10.3 Å². The number of ether oxygens (including phenoxy) is 2. The molecule has 1 aromatic rings. The molecule has 0 radical (unpaired) electrons. The van der Waals surface area contributed by atoms with E-state index in [0.717, 1.165) is 18.5 Å². The van der Waals surface area contributed by atoms with Crippen LogP contribution in [0.4, 0.5) is 0 Å². The van der Waals surface area contributed by atoms with E-state index in [0.29, 0.717) is 24.6 Å². The van der Waals surface area contributed by atoms with E-state index < -0.39 is 5.60 Å². The van der Waals surface area contributed by atoms with Crippen molar-refractivity contribution < 1.29 is 14.6 Å². The first-order chi connectivity index (χ1) is 9.04. The van der Waals surface area contributed by atoms with Gasteiger partial charge < -0.3 is 19.9 Å². The van der Waals surface area contributed by atoms with Gasteiger partial charge in [0, 0.05) is 25.4 Å². The summed E-state index contributed by atoms with van der Waals surface area (Å²) in [5, 5.41) is 13.3. The maximum Gasteiger partial charge on any atom is 0.183 e.